The third kappa shape index (κ3) is 1.79. The minimum atomic E-state index is 0.669. The van der Waals surface area contributed by atoms with Gasteiger partial charge in [0, 0.05) is 26.2 Å². The molecule has 2 aliphatic heterocycles. The first-order chi connectivity index (χ1) is 5.86. The van der Waals surface area contributed by atoms with Crippen LogP contribution in [-0.2, 0) is 0 Å². The molecular formula is C9H19N3. The molecule has 2 rings (SSSR count). The zero-order chi connectivity index (χ0) is 8.39. The van der Waals surface area contributed by atoms with Gasteiger partial charge in [0.1, 0.15) is 0 Å². The summed E-state index contributed by atoms with van der Waals surface area (Å²) in [4.78, 5) is 2.57. The van der Waals surface area contributed by atoms with E-state index in [1.807, 2.05) is 0 Å². The molecule has 3 heteroatoms. The van der Waals surface area contributed by atoms with Crippen molar-refractivity contribution < 1.29 is 0 Å². The fourth-order valence-electron chi connectivity index (χ4n) is 2.16. The fraction of sp³-hybridized carbons (Fsp3) is 1.00. The quantitative estimate of drug-likeness (QED) is 0.571. The Morgan fingerprint density at radius 2 is 2.00 bits per heavy atom. The van der Waals surface area contributed by atoms with Gasteiger partial charge in [0.2, 0.25) is 0 Å². The van der Waals surface area contributed by atoms with E-state index in [0.29, 0.717) is 6.17 Å². The molecule has 2 N–H and O–H groups in total. The Balaban J connectivity index is 1.83. The van der Waals surface area contributed by atoms with Gasteiger partial charge in [-0.15, -0.1) is 0 Å². The molecule has 0 aliphatic carbocycles. The van der Waals surface area contributed by atoms with Gasteiger partial charge in [-0.2, -0.15) is 0 Å². The Labute approximate surface area is 74.5 Å². The Morgan fingerprint density at radius 3 is 2.58 bits per heavy atom. The predicted molar refractivity (Wildman–Crippen MR) is 50.0 cm³/mol. The first-order valence-electron chi connectivity index (χ1n) is 5.04. The Bertz CT molecular complexity index is 140. The van der Waals surface area contributed by atoms with Crippen LogP contribution in [0.1, 0.15) is 13.3 Å². The van der Waals surface area contributed by atoms with E-state index in [2.05, 4.69) is 22.5 Å². The molecule has 0 saturated carbocycles. The summed E-state index contributed by atoms with van der Waals surface area (Å²) in [7, 11) is 0. The van der Waals surface area contributed by atoms with Crippen LogP contribution in [-0.4, -0.2) is 43.8 Å². The van der Waals surface area contributed by atoms with Gasteiger partial charge in [0.15, 0.2) is 0 Å². The lowest BCUT2D eigenvalue weighted by atomic mass is 10.1. The topological polar surface area (TPSA) is 27.3 Å². The molecule has 2 fully saturated rings. The summed E-state index contributed by atoms with van der Waals surface area (Å²) in [5.74, 6) is 0.866. The lowest BCUT2D eigenvalue weighted by Gasteiger charge is -2.32. The van der Waals surface area contributed by atoms with Crippen molar-refractivity contribution in [2.75, 3.05) is 32.7 Å². The molecule has 0 spiro atoms. The SMILES string of the molecule is CC1CNC(N2CCNCC2)C1. The molecule has 0 radical (unpaired) electrons. The largest absolute Gasteiger partial charge is 0.314 e. The third-order valence-electron chi connectivity index (χ3n) is 2.92. The van der Waals surface area contributed by atoms with Crippen molar-refractivity contribution in [3.8, 4) is 0 Å². The van der Waals surface area contributed by atoms with Crippen molar-refractivity contribution in [1.82, 2.24) is 15.5 Å². The number of rotatable bonds is 1. The summed E-state index contributed by atoms with van der Waals surface area (Å²) in [5.41, 5.74) is 0. The van der Waals surface area contributed by atoms with Crippen LogP contribution < -0.4 is 10.6 Å². The number of piperazine rings is 1. The summed E-state index contributed by atoms with van der Waals surface area (Å²) in [6.45, 7) is 8.28. The summed E-state index contributed by atoms with van der Waals surface area (Å²) in [6, 6.07) is 0. The van der Waals surface area contributed by atoms with Gasteiger partial charge >= 0.3 is 0 Å². The van der Waals surface area contributed by atoms with Gasteiger partial charge in [0.25, 0.3) is 0 Å². The van der Waals surface area contributed by atoms with Gasteiger partial charge in [-0.05, 0) is 18.9 Å². The lowest BCUT2D eigenvalue weighted by molar-refractivity contribution is 0.158. The lowest BCUT2D eigenvalue weighted by Crippen LogP contribution is -2.51. The van der Waals surface area contributed by atoms with Crippen LogP contribution in [0.15, 0.2) is 0 Å². The van der Waals surface area contributed by atoms with E-state index in [0.717, 1.165) is 19.0 Å². The molecule has 0 aromatic heterocycles. The van der Waals surface area contributed by atoms with Crippen LogP contribution in [0.2, 0.25) is 0 Å². The highest BCUT2D eigenvalue weighted by atomic mass is 15.3. The van der Waals surface area contributed by atoms with E-state index in [1.54, 1.807) is 0 Å². The predicted octanol–water partition coefficient (Wildman–Crippen LogP) is -0.153. The van der Waals surface area contributed by atoms with Gasteiger partial charge in [-0.25, -0.2) is 0 Å². The third-order valence-corrected chi connectivity index (χ3v) is 2.92. The number of nitrogens with one attached hydrogen (secondary N) is 2. The van der Waals surface area contributed by atoms with E-state index < -0.39 is 0 Å². The average molecular weight is 169 g/mol. The highest BCUT2D eigenvalue weighted by Crippen LogP contribution is 2.16. The Morgan fingerprint density at radius 1 is 1.25 bits per heavy atom. The molecule has 2 heterocycles. The number of hydrogen-bond acceptors (Lipinski definition) is 3. The van der Waals surface area contributed by atoms with Crippen LogP contribution in [0.3, 0.4) is 0 Å². The van der Waals surface area contributed by atoms with Crippen LogP contribution in [0.5, 0.6) is 0 Å². The molecule has 0 aromatic rings. The van der Waals surface area contributed by atoms with Gasteiger partial charge in [0.05, 0.1) is 6.17 Å². The van der Waals surface area contributed by atoms with Crippen molar-refractivity contribution in [1.29, 1.82) is 0 Å². The molecule has 0 bridgehead atoms. The monoisotopic (exact) mass is 169 g/mol. The zero-order valence-electron chi connectivity index (χ0n) is 7.84. The molecule has 0 aromatic carbocycles. The molecule has 70 valence electrons. The van der Waals surface area contributed by atoms with E-state index in [4.69, 9.17) is 0 Å². The van der Waals surface area contributed by atoms with Crippen LogP contribution in [0, 0.1) is 5.92 Å². The highest BCUT2D eigenvalue weighted by Gasteiger charge is 2.26. The first-order valence-corrected chi connectivity index (χ1v) is 5.04. The van der Waals surface area contributed by atoms with Crippen molar-refractivity contribution in [3.05, 3.63) is 0 Å². The minimum Gasteiger partial charge on any atom is -0.314 e. The normalized spacial score (nSPS) is 38.8. The van der Waals surface area contributed by atoms with Gasteiger partial charge in [-0.3, -0.25) is 4.90 Å². The second-order valence-electron chi connectivity index (χ2n) is 4.05. The van der Waals surface area contributed by atoms with E-state index in [9.17, 15) is 0 Å². The zero-order valence-corrected chi connectivity index (χ0v) is 7.84. The van der Waals surface area contributed by atoms with Crippen molar-refractivity contribution in [3.63, 3.8) is 0 Å². The van der Waals surface area contributed by atoms with Crippen LogP contribution in [0.25, 0.3) is 0 Å². The van der Waals surface area contributed by atoms with Crippen molar-refractivity contribution in [2.24, 2.45) is 5.92 Å². The summed E-state index contributed by atoms with van der Waals surface area (Å²) < 4.78 is 0. The molecule has 3 nitrogen and oxygen atoms in total. The van der Waals surface area contributed by atoms with E-state index in [1.165, 1.54) is 26.1 Å². The molecule has 2 atom stereocenters. The average Bonchev–Trinajstić information content (AvgIpc) is 2.54. The van der Waals surface area contributed by atoms with Gasteiger partial charge < -0.3 is 10.6 Å². The standard InChI is InChI=1S/C9H19N3/c1-8-6-9(11-7-8)12-4-2-10-3-5-12/h8-11H,2-7H2,1H3. The smallest absolute Gasteiger partial charge is 0.0601 e. The van der Waals surface area contributed by atoms with E-state index in [-0.39, 0.29) is 0 Å². The van der Waals surface area contributed by atoms with Gasteiger partial charge in [-0.1, -0.05) is 6.92 Å². The Hall–Kier alpha value is -0.120. The fourth-order valence-corrected chi connectivity index (χ4v) is 2.16. The second-order valence-corrected chi connectivity index (χ2v) is 4.05. The minimum absolute atomic E-state index is 0.669. The summed E-state index contributed by atoms with van der Waals surface area (Å²) in [5, 5.41) is 6.95. The summed E-state index contributed by atoms with van der Waals surface area (Å²) in [6.07, 6.45) is 2.00. The van der Waals surface area contributed by atoms with E-state index >= 15 is 0 Å². The highest BCUT2D eigenvalue weighted by molar-refractivity contribution is 4.82. The number of hydrogen-bond donors (Lipinski definition) is 2. The van der Waals surface area contributed by atoms with Crippen molar-refractivity contribution >= 4 is 0 Å². The number of nitrogens with zero attached hydrogens (tertiary/aromatic N) is 1. The summed E-state index contributed by atoms with van der Waals surface area (Å²) >= 11 is 0. The maximum absolute atomic E-state index is 3.57. The first kappa shape index (κ1) is 8.48. The molecule has 0 amide bonds. The maximum Gasteiger partial charge on any atom is 0.0601 e. The molecule has 2 saturated heterocycles. The molecular weight excluding hydrogens is 150 g/mol. The molecule has 2 unspecified atom stereocenters. The second kappa shape index (κ2) is 3.73. The molecule has 12 heavy (non-hydrogen) atoms. The van der Waals surface area contributed by atoms with Crippen LogP contribution in [0.4, 0.5) is 0 Å². The van der Waals surface area contributed by atoms with Crippen LogP contribution >= 0.6 is 0 Å². The maximum atomic E-state index is 3.57. The van der Waals surface area contributed by atoms with Crippen molar-refractivity contribution in [2.45, 2.75) is 19.5 Å². The molecule has 2 aliphatic rings. The Kier molecular flexibility index (Phi) is 2.63.